The standard InChI is InChI=1S/C12H15NO3/c1-3-4-7-13-12(15)10-8-9(16-2)5-6-11(10)14/h3,5-6,8,14H,1,4,7H2,2H3,(H,13,15). The van der Waals surface area contributed by atoms with Crippen molar-refractivity contribution in [2.24, 2.45) is 0 Å². The van der Waals surface area contributed by atoms with Gasteiger partial charge in [0.1, 0.15) is 11.5 Å². The third-order valence-electron chi connectivity index (χ3n) is 2.08. The lowest BCUT2D eigenvalue weighted by Gasteiger charge is -2.07. The van der Waals surface area contributed by atoms with Gasteiger partial charge in [-0.15, -0.1) is 6.58 Å². The third-order valence-corrected chi connectivity index (χ3v) is 2.08. The molecule has 2 N–H and O–H groups in total. The molecule has 0 aliphatic rings. The summed E-state index contributed by atoms with van der Waals surface area (Å²) in [5.41, 5.74) is 0.211. The van der Waals surface area contributed by atoms with E-state index in [4.69, 9.17) is 4.74 Å². The van der Waals surface area contributed by atoms with Crippen LogP contribution in [0.1, 0.15) is 16.8 Å². The minimum Gasteiger partial charge on any atom is -0.507 e. The number of phenolic OH excluding ortho intramolecular Hbond substituents is 1. The lowest BCUT2D eigenvalue weighted by molar-refractivity contribution is 0.0951. The molecule has 4 nitrogen and oxygen atoms in total. The van der Waals surface area contributed by atoms with Crippen LogP contribution in [0.25, 0.3) is 0 Å². The van der Waals surface area contributed by atoms with Crippen LogP contribution in [-0.4, -0.2) is 24.7 Å². The highest BCUT2D eigenvalue weighted by atomic mass is 16.5. The Balaban J connectivity index is 2.77. The number of hydrogen-bond donors (Lipinski definition) is 2. The third kappa shape index (κ3) is 3.02. The van der Waals surface area contributed by atoms with Crippen molar-refractivity contribution in [2.75, 3.05) is 13.7 Å². The van der Waals surface area contributed by atoms with Gasteiger partial charge in [0.05, 0.1) is 12.7 Å². The molecular formula is C12H15NO3. The molecule has 0 unspecified atom stereocenters. The average molecular weight is 221 g/mol. The lowest BCUT2D eigenvalue weighted by Crippen LogP contribution is -2.24. The van der Waals surface area contributed by atoms with Crippen molar-refractivity contribution in [1.29, 1.82) is 0 Å². The predicted octanol–water partition coefficient (Wildman–Crippen LogP) is 1.71. The van der Waals surface area contributed by atoms with E-state index in [2.05, 4.69) is 11.9 Å². The van der Waals surface area contributed by atoms with E-state index in [0.29, 0.717) is 18.7 Å². The number of ether oxygens (including phenoxy) is 1. The van der Waals surface area contributed by atoms with Gasteiger partial charge in [0.2, 0.25) is 0 Å². The number of carbonyl (C=O) groups excluding carboxylic acids is 1. The Morgan fingerprint density at radius 3 is 3.00 bits per heavy atom. The van der Waals surface area contributed by atoms with Crippen LogP contribution in [0.3, 0.4) is 0 Å². The van der Waals surface area contributed by atoms with Crippen LogP contribution in [0.2, 0.25) is 0 Å². The monoisotopic (exact) mass is 221 g/mol. The summed E-state index contributed by atoms with van der Waals surface area (Å²) in [6.45, 7) is 4.05. The van der Waals surface area contributed by atoms with Crippen LogP contribution in [0, 0.1) is 0 Å². The zero-order chi connectivity index (χ0) is 12.0. The molecule has 1 amide bonds. The van der Waals surface area contributed by atoms with E-state index in [1.807, 2.05) is 0 Å². The lowest BCUT2D eigenvalue weighted by atomic mass is 10.1. The number of benzene rings is 1. The highest BCUT2D eigenvalue weighted by Crippen LogP contribution is 2.22. The maximum atomic E-state index is 11.6. The van der Waals surface area contributed by atoms with Crippen LogP contribution in [0.5, 0.6) is 11.5 Å². The fraction of sp³-hybridized carbons (Fsp3) is 0.250. The number of aromatic hydroxyl groups is 1. The molecular weight excluding hydrogens is 206 g/mol. The van der Waals surface area contributed by atoms with Crippen LogP contribution < -0.4 is 10.1 Å². The number of nitrogens with one attached hydrogen (secondary N) is 1. The first-order chi connectivity index (χ1) is 7.69. The molecule has 0 fully saturated rings. The topological polar surface area (TPSA) is 58.6 Å². The first-order valence-corrected chi connectivity index (χ1v) is 4.95. The Labute approximate surface area is 94.6 Å². The summed E-state index contributed by atoms with van der Waals surface area (Å²) in [6.07, 6.45) is 2.40. The Hall–Kier alpha value is -1.97. The van der Waals surface area contributed by atoms with Crippen molar-refractivity contribution in [3.8, 4) is 11.5 Å². The zero-order valence-corrected chi connectivity index (χ0v) is 9.19. The van der Waals surface area contributed by atoms with Gasteiger partial charge in [-0.2, -0.15) is 0 Å². The summed E-state index contributed by atoms with van der Waals surface area (Å²) in [5, 5.41) is 12.2. The molecule has 0 saturated heterocycles. The van der Waals surface area contributed by atoms with Crippen LogP contribution in [-0.2, 0) is 0 Å². The van der Waals surface area contributed by atoms with E-state index < -0.39 is 0 Å². The van der Waals surface area contributed by atoms with Gasteiger partial charge in [-0.05, 0) is 24.6 Å². The quantitative estimate of drug-likeness (QED) is 0.587. The second-order valence-corrected chi connectivity index (χ2v) is 3.22. The van der Waals surface area contributed by atoms with E-state index >= 15 is 0 Å². The van der Waals surface area contributed by atoms with E-state index in [1.54, 1.807) is 12.1 Å². The molecule has 1 aromatic rings. The van der Waals surface area contributed by atoms with E-state index in [0.717, 1.165) is 0 Å². The maximum absolute atomic E-state index is 11.6. The highest BCUT2D eigenvalue weighted by Gasteiger charge is 2.11. The second kappa shape index (κ2) is 5.80. The molecule has 0 atom stereocenters. The van der Waals surface area contributed by atoms with Crippen molar-refractivity contribution in [3.05, 3.63) is 36.4 Å². The predicted molar refractivity (Wildman–Crippen MR) is 61.8 cm³/mol. The largest absolute Gasteiger partial charge is 0.507 e. The molecule has 0 aromatic heterocycles. The van der Waals surface area contributed by atoms with E-state index in [-0.39, 0.29) is 17.2 Å². The van der Waals surface area contributed by atoms with Gasteiger partial charge < -0.3 is 15.2 Å². The number of phenols is 1. The summed E-state index contributed by atoms with van der Waals surface area (Å²) in [6, 6.07) is 4.52. The SMILES string of the molecule is C=CCCNC(=O)c1cc(OC)ccc1O. The number of hydrogen-bond acceptors (Lipinski definition) is 3. The van der Waals surface area contributed by atoms with Crippen molar-refractivity contribution in [1.82, 2.24) is 5.32 Å². The summed E-state index contributed by atoms with van der Waals surface area (Å²) >= 11 is 0. The van der Waals surface area contributed by atoms with Gasteiger partial charge >= 0.3 is 0 Å². The Kier molecular flexibility index (Phi) is 4.39. The number of rotatable bonds is 5. The summed E-state index contributed by atoms with van der Waals surface area (Å²) in [7, 11) is 1.51. The van der Waals surface area contributed by atoms with Crippen molar-refractivity contribution < 1.29 is 14.6 Å². The van der Waals surface area contributed by atoms with Gasteiger partial charge in [-0.3, -0.25) is 4.79 Å². The van der Waals surface area contributed by atoms with Crippen LogP contribution in [0.4, 0.5) is 0 Å². The number of carbonyl (C=O) groups is 1. The van der Waals surface area contributed by atoms with Crippen molar-refractivity contribution in [3.63, 3.8) is 0 Å². The maximum Gasteiger partial charge on any atom is 0.255 e. The Bertz CT molecular complexity index is 388. The first kappa shape index (κ1) is 12.1. The fourth-order valence-electron chi connectivity index (χ4n) is 1.21. The molecule has 0 aliphatic heterocycles. The molecule has 4 heteroatoms. The molecule has 0 heterocycles. The fourth-order valence-corrected chi connectivity index (χ4v) is 1.21. The molecule has 0 aliphatic carbocycles. The number of methoxy groups -OCH3 is 1. The van der Waals surface area contributed by atoms with Crippen molar-refractivity contribution >= 4 is 5.91 Å². The molecule has 86 valence electrons. The van der Waals surface area contributed by atoms with E-state index in [9.17, 15) is 9.90 Å². The van der Waals surface area contributed by atoms with Gasteiger partial charge in [-0.1, -0.05) is 6.08 Å². The Morgan fingerprint density at radius 2 is 2.38 bits per heavy atom. The van der Waals surface area contributed by atoms with Gasteiger partial charge in [0.25, 0.3) is 5.91 Å². The summed E-state index contributed by atoms with van der Waals surface area (Å²) in [4.78, 5) is 11.6. The normalized spacial score (nSPS) is 9.56. The average Bonchev–Trinajstić information content (AvgIpc) is 2.30. The van der Waals surface area contributed by atoms with E-state index in [1.165, 1.54) is 19.2 Å². The minimum absolute atomic E-state index is 0.0584. The summed E-state index contributed by atoms with van der Waals surface area (Å²) < 4.78 is 4.98. The Morgan fingerprint density at radius 1 is 1.62 bits per heavy atom. The zero-order valence-electron chi connectivity index (χ0n) is 9.19. The molecule has 1 aromatic carbocycles. The van der Waals surface area contributed by atoms with Crippen LogP contribution in [0.15, 0.2) is 30.9 Å². The van der Waals surface area contributed by atoms with Gasteiger partial charge in [0, 0.05) is 6.54 Å². The molecule has 0 radical (unpaired) electrons. The van der Waals surface area contributed by atoms with Crippen molar-refractivity contribution in [2.45, 2.75) is 6.42 Å². The van der Waals surface area contributed by atoms with Gasteiger partial charge in [-0.25, -0.2) is 0 Å². The second-order valence-electron chi connectivity index (χ2n) is 3.22. The molecule has 0 saturated carbocycles. The first-order valence-electron chi connectivity index (χ1n) is 4.95. The molecule has 1 rings (SSSR count). The molecule has 0 spiro atoms. The highest BCUT2D eigenvalue weighted by molar-refractivity contribution is 5.97. The molecule has 0 bridgehead atoms. The number of amides is 1. The molecule has 16 heavy (non-hydrogen) atoms. The summed E-state index contributed by atoms with van der Waals surface area (Å²) in [5.74, 6) is 0.154. The minimum atomic E-state index is -0.321. The smallest absolute Gasteiger partial charge is 0.255 e. The van der Waals surface area contributed by atoms with Gasteiger partial charge in [0.15, 0.2) is 0 Å². The van der Waals surface area contributed by atoms with Crippen LogP contribution >= 0.6 is 0 Å².